The number of benzene rings is 2. The summed E-state index contributed by atoms with van der Waals surface area (Å²) in [5.41, 5.74) is 2.57. The van der Waals surface area contributed by atoms with Crippen molar-refractivity contribution in [2.75, 3.05) is 6.61 Å². The smallest absolute Gasteiger partial charge is 0.0587 e. The summed E-state index contributed by atoms with van der Waals surface area (Å²) >= 11 is 0. The van der Waals surface area contributed by atoms with Crippen LogP contribution in [0.2, 0.25) is 0 Å². The van der Waals surface area contributed by atoms with Crippen molar-refractivity contribution in [1.29, 1.82) is 0 Å². The third kappa shape index (κ3) is 4.69. The van der Waals surface area contributed by atoms with Gasteiger partial charge in [0.05, 0.1) is 6.61 Å². The molecule has 0 aliphatic carbocycles. The molecule has 1 unspecified atom stereocenters. The average molecular weight is 283 g/mol. The van der Waals surface area contributed by atoms with E-state index >= 15 is 0 Å². The van der Waals surface area contributed by atoms with Crippen LogP contribution in [0.15, 0.2) is 60.7 Å². The molecule has 0 saturated heterocycles. The lowest BCUT2D eigenvalue weighted by atomic mass is 9.96. The van der Waals surface area contributed by atoms with E-state index in [4.69, 9.17) is 0 Å². The van der Waals surface area contributed by atoms with Gasteiger partial charge >= 0.3 is 0 Å². The zero-order chi connectivity index (χ0) is 15.1. The first-order valence-electron chi connectivity index (χ1n) is 7.66. The highest BCUT2D eigenvalue weighted by atomic mass is 16.3. The maximum atomic E-state index is 9.60. The monoisotopic (exact) mass is 283 g/mol. The number of hydrogen-bond donors (Lipinski definition) is 2. The van der Waals surface area contributed by atoms with Crippen LogP contribution in [0.3, 0.4) is 0 Å². The van der Waals surface area contributed by atoms with Gasteiger partial charge in [-0.2, -0.15) is 0 Å². The molecule has 2 rings (SSSR count). The fourth-order valence-corrected chi connectivity index (χ4v) is 2.52. The summed E-state index contributed by atoms with van der Waals surface area (Å²) < 4.78 is 0. The minimum Gasteiger partial charge on any atom is -0.395 e. The Kier molecular flexibility index (Phi) is 5.97. The quantitative estimate of drug-likeness (QED) is 0.814. The SMILES string of the molecule is CC(C)[C@@H](CO)NC(Cc1ccccc1)c1ccccc1. The largest absolute Gasteiger partial charge is 0.395 e. The highest BCUT2D eigenvalue weighted by Crippen LogP contribution is 2.20. The van der Waals surface area contributed by atoms with Crippen LogP contribution in [0.4, 0.5) is 0 Å². The molecular weight excluding hydrogens is 258 g/mol. The van der Waals surface area contributed by atoms with Crippen molar-refractivity contribution in [3.05, 3.63) is 71.8 Å². The fourth-order valence-electron chi connectivity index (χ4n) is 2.52. The predicted molar refractivity (Wildman–Crippen MR) is 88.2 cm³/mol. The summed E-state index contributed by atoms with van der Waals surface area (Å²) in [6.45, 7) is 4.44. The van der Waals surface area contributed by atoms with E-state index in [2.05, 4.69) is 67.7 Å². The molecule has 0 amide bonds. The highest BCUT2D eigenvalue weighted by molar-refractivity contribution is 5.24. The summed E-state index contributed by atoms with van der Waals surface area (Å²) in [5.74, 6) is 0.400. The molecule has 0 aromatic heterocycles. The number of aliphatic hydroxyl groups excluding tert-OH is 1. The molecule has 0 heterocycles. The van der Waals surface area contributed by atoms with Gasteiger partial charge in [0.2, 0.25) is 0 Å². The first-order valence-corrected chi connectivity index (χ1v) is 7.66. The normalized spacial score (nSPS) is 14.1. The van der Waals surface area contributed by atoms with Gasteiger partial charge in [-0.15, -0.1) is 0 Å². The molecule has 112 valence electrons. The molecular formula is C19H25NO. The lowest BCUT2D eigenvalue weighted by Crippen LogP contribution is -2.40. The standard InChI is InChI=1S/C19H25NO/c1-15(2)19(14-21)20-18(17-11-7-4-8-12-17)13-16-9-5-3-6-10-16/h3-12,15,18-21H,13-14H2,1-2H3/t18?,19-/m1/s1. The van der Waals surface area contributed by atoms with Gasteiger partial charge in [-0.25, -0.2) is 0 Å². The zero-order valence-corrected chi connectivity index (χ0v) is 12.9. The molecule has 0 aliphatic heterocycles. The summed E-state index contributed by atoms with van der Waals surface area (Å²) in [4.78, 5) is 0. The Bertz CT molecular complexity index is 510. The van der Waals surface area contributed by atoms with Crippen LogP contribution in [0.5, 0.6) is 0 Å². The Morgan fingerprint density at radius 3 is 2.00 bits per heavy atom. The van der Waals surface area contributed by atoms with Gasteiger partial charge in [-0.05, 0) is 23.5 Å². The van der Waals surface area contributed by atoms with Gasteiger partial charge < -0.3 is 10.4 Å². The summed E-state index contributed by atoms with van der Waals surface area (Å²) in [6.07, 6.45) is 0.925. The van der Waals surface area contributed by atoms with E-state index in [-0.39, 0.29) is 18.7 Å². The molecule has 0 fully saturated rings. The van der Waals surface area contributed by atoms with Crippen LogP contribution in [0, 0.1) is 5.92 Å². The number of rotatable bonds is 7. The van der Waals surface area contributed by atoms with E-state index in [0.29, 0.717) is 5.92 Å². The average Bonchev–Trinajstić information content (AvgIpc) is 2.53. The van der Waals surface area contributed by atoms with Gasteiger partial charge in [0.25, 0.3) is 0 Å². The maximum Gasteiger partial charge on any atom is 0.0587 e. The molecule has 0 radical (unpaired) electrons. The van der Waals surface area contributed by atoms with Crippen molar-refractivity contribution >= 4 is 0 Å². The molecule has 0 saturated carbocycles. The van der Waals surface area contributed by atoms with Gasteiger partial charge in [-0.1, -0.05) is 74.5 Å². The number of nitrogens with one attached hydrogen (secondary N) is 1. The van der Waals surface area contributed by atoms with Crippen molar-refractivity contribution in [2.45, 2.75) is 32.4 Å². The lowest BCUT2D eigenvalue weighted by Gasteiger charge is -2.27. The van der Waals surface area contributed by atoms with E-state index in [0.717, 1.165) is 6.42 Å². The van der Waals surface area contributed by atoms with Gasteiger partial charge in [0.15, 0.2) is 0 Å². The summed E-state index contributed by atoms with van der Waals surface area (Å²) in [5, 5.41) is 13.2. The molecule has 21 heavy (non-hydrogen) atoms. The second-order valence-corrected chi connectivity index (χ2v) is 5.85. The Balaban J connectivity index is 2.18. The van der Waals surface area contributed by atoms with E-state index in [1.165, 1.54) is 11.1 Å². The minimum absolute atomic E-state index is 0.110. The van der Waals surface area contributed by atoms with Crippen molar-refractivity contribution in [3.8, 4) is 0 Å². The summed E-state index contributed by atoms with van der Waals surface area (Å²) in [7, 11) is 0. The van der Waals surface area contributed by atoms with Crippen molar-refractivity contribution in [1.82, 2.24) is 5.32 Å². The Morgan fingerprint density at radius 2 is 1.48 bits per heavy atom. The fraction of sp³-hybridized carbons (Fsp3) is 0.368. The molecule has 0 spiro atoms. The van der Waals surface area contributed by atoms with Crippen LogP contribution in [-0.4, -0.2) is 17.8 Å². The molecule has 2 aromatic carbocycles. The minimum atomic E-state index is 0.110. The lowest BCUT2D eigenvalue weighted by molar-refractivity contribution is 0.198. The zero-order valence-electron chi connectivity index (χ0n) is 12.9. The number of aliphatic hydroxyl groups is 1. The van der Waals surface area contributed by atoms with Crippen molar-refractivity contribution in [3.63, 3.8) is 0 Å². The van der Waals surface area contributed by atoms with E-state index in [1.807, 2.05) is 12.1 Å². The Hall–Kier alpha value is -1.64. The molecule has 0 aliphatic rings. The molecule has 2 aromatic rings. The van der Waals surface area contributed by atoms with Gasteiger partial charge in [0.1, 0.15) is 0 Å². The maximum absolute atomic E-state index is 9.60. The van der Waals surface area contributed by atoms with Crippen molar-refractivity contribution in [2.24, 2.45) is 5.92 Å². The molecule has 2 nitrogen and oxygen atoms in total. The first-order chi connectivity index (χ1) is 10.2. The Morgan fingerprint density at radius 1 is 0.905 bits per heavy atom. The molecule has 0 bridgehead atoms. The van der Waals surface area contributed by atoms with Crippen LogP contribution in [0.25, 0.3) is 0 Å². The summed E-state index contributed by atoms with van der Waals surface area (Å²) in [6, 6.07) is 21.3. The first kappa shape index (κ1) is 15.7. The van der Waals surface area contributed by atoms with E-state index in [1.54, 1.807) is 0 Å². The van der Waals surface area contributed by atoms with Crippen molar-refractivity contribution < 1.29 is 5.11 Å². The highest BCUT2D eigenvalue weighted by Gasteiger charge is 2.19. The van der Waals surface area contributed by atoms with Gasteiger partial charge in [-0.3, -0.25) is 0 Å². The number of hydrogen-bond acceptors (Lipinski definition) is 2. The van der Waals surface area contributed by atoms with Crippen LogP contribution in [-0.2, 0) is 6.42 Å². The second-order valence-electron chi connectivity index (χ2n) is 5.85. The predicted octanol–water partition coefficient (Wildman–Crippen LogP) is 3.58. The van der Waals surface area contributed by atoms with Gasteiger partial charge in [0, 0.05) is 12.1 Å². The molecule has 2 atom stereocenters. The second kappa shape index (κ2) is 7.96. The topological polar surface area (TPSA) is 32.3 Å². The third-order valence-corrected chi connectivity index (χ3v) is 3.90. The van der Waals surface area contributed by atoms with E-state index < -0.39 is 0 Å². The van der Waals surface area contributed by atoms with Crippen LogP contribution < -0.4 is 5.32 Å². The molecule has 2 N–H and O–H groups in total. The third-order valence-electron chi connectivity index (χ3n) is 3.90. The van der Waals surface area contributed by atoms with Crippen LogP contribution >= 0.6 is 0 Å². The van der Waals surface area contributed by atoms with Crippen LogP contribution in [0.1, 0.15) is 31.0 Å². The molecule has 2 heteroatoms. The Labute approximate surface area is 127 Å². The van der Waals surface area contributed by atoms with E-state index in [9.17, 15) is 5.11 Å².